The maximum absolute atomic E-state index is 5.67. The summed E-state index contributed by atoms with van der Waals surface area (Å²) in [7, 11) is 0. The largest absolute Gasteiger partial charge is 0.257 e. The topological polar surface area (TPSA) is 12.4 Å². The maximum atomic E-state index is 5.67. The summed E-state index contributed by atoms with van der Waals surface area (Å²) in [5.74, 6) is 2.00. The second-order valence-corrected chi connectivity index (χ2v) is 11.1. The second-order valence-electron chi connectivity index (χ2n) is 11.1. The molecule has 1 nitrogen and oxygen atoms in total. The molecule has 0 amide bonds. The molecular formula is C35H39N. The molecule has 2 saturated carbocycles. The van der Waals surface area contributed by atoms with Crippen LogP contribution in [0.3, 0.4) is 0 Å². The van der Waals surface area contributed by atoms with Crippen molar-refractivity contribution in [1.82, 2.24) is 0 Å². The Morgan fingerprint density at radius 2 is 1.22 bits per heavy atom. The van der Waals surface area contributed by atoms with Crippen molar-refractivity contribution in [2.24, 2.45) is 16.8 Å². The number of hydrogen-bond acceptors (Lipinski definition) is 1. The standard InChI is InChI=1S/C35H39N/c1-2-4-15-23-30-28(21-12-3-1)27-20-13-7-8-14-22-29(27)34-31-24-16-6-5-10-18-26-19-11-9-17-25-32(33(26)31)36-35(30)34/h1-4,7-8,12-15,20-23,26,31,33H,5-6,9-11,16-19,24-25H2/b2-1?,3-1?,4-2?,8-7?,12-3?,13-7-,14-8-,15-4?,20-13?,21-12?,22-14?,23-15?,27-20-,28-21?,29-22+,30-23?. The third kappa shape index (κ3) is 4.61. The molecule has 4 aliphatic rings. The van der Waals surface area contributed by atoms with Crippen LogP contribution < -0.4 is 10.4 Å². The molecule has 0 aromatic heterocycles. The van der Waals surface area contributed by atoms with Crippen molar-refractivity contribution >= 4 is 34.3 Å². The van der Waals surface area contributed by atoms with Crippen molar-refractivity contribution in [3.8, 4) is 0 Å². The fourth-order valence-corrected chi connectivity index (χ4v) is 7.32. The molecule has 184 valence electrons. The molecule has 1 aliphatic heterocycles. The van der Waals surface area contributed by atoms with Gasteiger partial charge < -0.3 is 0 Å². The van der Waals surface area contributed by atoms with Crippen molar-refractivity contribution in [3.63, 3.8) is 0 Å². The Morgan fingerprint density at radius 1 is 0.583 bits per heavy atom. The van der Waals surface area contributed by atoms with E-state index in [1.54, 1.807) is 0 Å². The van der Waals surface area contributed by atoms with Gasteiger partial charge >= 0.3 is 0 Å². The fraction of sp³-hybridized carbons (Fsp3) is 0.400. The number of allylic oxidation sites excluding steroid dienone is 4. The highest BCUT2D eigenvalue weighted by molar-refractivity contribution is 6.02. The average molecular weight is 474 g/mol. The van der Waals surface area contributed by atoms with Gasteiger partial charge in [-0.15, -0.1) is 0 Å². The summed E-state index contributed by atoms with van der Waals surface area (Å²) in [6, 6.07) is 17.5. The molecule has 2 aromatic carbocycles. The lowest BCUT2D eigenvalue weighted by Crippen LogP contribution is -2.39. The minimum atomic E-state index is 0.581. The minimum Gasteiger partial charge on any atom is -0.257 e. The number of hydrogen-bond donors (Lipinski definition) is 0. The first-order valence-corrected chi connectivity index (χ1v) is 14.4. The number of fused-ring (bicyclic) bond motifs is 7. The Morgan fingerprint density at radius 3 is 2.00 bits per heavy atom. The molecule has 6 rings (SSSR count). The Hall–Kier alpha value is -2.93. The predicted molar refractivity (Wildman–Crippen MR) is 156 cm³/mol. The van der Waals surface area contributed by atoms with Gasteiger partial charge in [-0.2, -0.15) is 0 Å². The van der Waals surface area contributed by atoms with Crippen LogP contribution in [0.4, 0.5) is 5.69 Å². The van der Waals surface area contributed by atoms with Crippen molar-refractivity contribution in [1.29, 1.82) is 0 Å². The van der Waals surface area contributed by atoms with E-state index in [-0.39, 0.29) is 0 Å². The number of rotatable bonds is 0. The number of aliphatic imine (C=N–C) groups is 1. The summed E-state index contributed by atoms with van der Waals surface area (Å²) in [4.78, 5) is 5.67. The second kappa shape index (κ2) is 11.0. The van der Waals surface area contributed by atoms with Crippen LogP contribution in [0, 0.1) is 11.8 Å². The van der Waals surface area contributed by atoms with Crippen LogP contribution in [0.25, 0.3) is 22.9 Å². The van der Waals surface area contributed by atoms with Gasteiger partial charge in [0.15, 0.2) is 0 Å². The number of nitrogens with zero attached hydrogens (tertiary/aromatic N) is 1. The smallest absolute Gasteiger partial charge is 0.0748 e. The highest BCUT2D eigenvalue weighted by Gasteiger charge is 2.39. The molecule has 1 heteroatoms. The van der Waals surface area contributed by atoms with Gasteiger partial charge in [-0.25, -0.2) is 0 Å². The molecule has 2 fully saturated rings. The van der Waals surface area contributed by atoms with Gasteiger partial charge in [-0.1, -0.05) is 124 Å². The van der Waals surface area contributed by atoms with Crippen molar-refractivity contribution in [2.45, 2.75) is 76.5 Å². The molecule has 0 N–H and O–H groups in total. The Balaban J connectivity index is 1.74. The Bertz CT molecular complexity index is 1390. The zero-order valence-electron chi connectivity index (χ0n) is 21.5. The zero-order chi connectivity index (χ0) is 24.2. The van der Waals surface area contributed by atoms with Crippen LogP contribution in [0.5, 0.6) is 0 Å². The maximum Gasteiger partial charge on any atom is 0.0748 e. The predicted octanol–water partition coefficient (Wildman–Crippen LogP) is 8.37. The van der Waals surface area contributed by atoms with Crippen molar-refractivity contribution < 1.29 is 0 Å². The molecule has 0 radical (unpaired) electrons. The highest BCUT2D eigenvalue weighted by atomic mass is 14.8. The molecule has 3 atom stereocenters. The lowest BCUT2D eigenvalue weighted by Gasteiger charge is -2.40. The third-order valence-corrected chi connectivity index (χ3v) is 8.91. The van der Waals surface area contributed by atoms with E-state index in [1.165, 1.54) is 109 Å². The van der Waals surface area contributed by atoms with Crippen LogP contribution in [-0.2, 0) is 0 Å². The summed E-state index contributed by atoms with van der Waals surface area (Å²) < 4.78 is 0. The molecule has 36 heavy (non-hydrogen) atoms. The van der Waals surface area contributed by atoms with Gasteiger partial charge in [0.2, 0.25) is 0 Å². The normalized spacial score (nSPS) is 28.9. The van der Waals surface area contributed by atoms with Gasteiger partial charge in [0, 0.05) is 17.0 Å². The van der Waals surface area contributed by atoms with Gasteiger partial charge in [0.25, 0.3) is 0 Å². The van der Waals surface area contributed by atoms with Crippen molar-refractivity contribution in [2.75, 3.05) is 0 Å². The summed E-state index contributed by atoms with van der Waals surface area (Å²) in [6.07, 6.45) is 28.3. The van der Waals surface area contributed by atoms with Gasteiger partial charge in [0.1, 0.15) is 0 Å². The zero-order valence-corrected chi connectivity index (χ0v) is 21.5. The number of benzene rings is 1. The first kappa shape index (κ1) is 23.5. The van der Waals surface area contributed by atoms with Crippen LogP contribution in [0.1, 0.15) is 82.1 Å². The van der Waals surface area contributed by atoms with Gasteiger partial charge in [-0.3, -0.25) is 4.99 Å². The van der Waals surface area contributed by atoms with E-state index in [0.717, 1.165) is 5.92 Å². The summed E-state index contributed by atoms with van der Waals surface area (Å²) in [5, 5.41) is 5.35. The quantitative estimate of drug-likeness (QED) is 0.364. The molecule has 2 aromatic rings. The Kier molecular flexibility index (Phi) is 7.17. The molecule has 1 heterocycles. The monoisotopic (exact) mass is 473 g/mol. The van der Waals surface area contributed by atoms with E-state index < -0.39 is 0 Å². The molecule has 0 spiro atoms. The van der Waals surface area contributed by atoms with E-state index in [4.69, 9.17) is 4.99 Å². The molecule has 0 saturated heterocycles. The summed E-state index contributed by atoms with van der Waals surface area (Å²) in [5.41, 5.74) is 4.33. The van der Waals surface area contributed by atoms with E-state index >= 15 is 0 Å². The van der Waals surface area contributed by atoms with E-state index in [1.807, 2.05) is 0 Å². The van der Waals surface area contributed by atoms with Crippen LogP contribution in [-0.4, -0.2) is 5.71 Å². The van der Waals surface area contributed by atoms with Crippen LogP contribution in [0.2, 0.25) is 0 Å². The van der Waals surface area contributed by atoms with Crippen LogP contribution >= 0.6 is 0 Å². The van der Waals surface area contributed by atoms with E-state index in [9.17, 15) is 0 Å². The lowest BCUT2D eigenvalue weighted by atomic mass is 9.66. The molecular weight excluding hydrogens is 434 g/mol. The van der Waals surface area contributed by atoms with Crippen LogP contribution in [0.15, 0.2) is 77.8 Å². The Labute approximate surface area is 216 Å². The minimum absolute atomic E-state index is 0.581. The average Bonchev–Trinajstić information content (AvgIpc) is 2.96. The van der Waals surface area contributed by atoms with Gasteiger partial charge in [0.05, 0.1) is 5.69 Å². The molecule has 3 unspecified atom stereocenters. The summed E-state index contributed by atoms with van der Waals surface area (Å²) in [6.45, 7) is 0. The SMILES string of the molecule is C1=C\C=c2\c3c(c4ccccccccc4\c2=C\C=C/1)N=C1CCCCCC2CCCCCCC3C12. The summed E-state index contributed by atoms with van der Waals surface area (Å²) >= 11 is 0. The van der Waals surface area contributed by atoms with E-state index in [2.05, 4.69) is 85.0 Å². The van der Waals surface area contributed by atoms with E-state index in [0.29, 0.717) is 11.8 Å². The van der Waals surface area contributed by atoms with Gasteiger partial charge in [-0.05, 0) is 65.3 Å². The first-order chi connectivity index (χ1) is 17.9. The highest BCUT2D eigenvalue weighted by Crippen LogP contribution is 2.49. The lowest BCUT2D eigenvalue weighted by molar-refractivity contribution is 0.289. The molecule has 0 bridgehead atoms. The fourth-order valence-electron chi connectivity index (χ4n) is 7.32. The molecule has 3 aliphatic carbocycles. The van der Waals surface area contributed by atoms with Crippen molar-refractivity contribution in [3.05, 3.63) is 88.8 Å². The first-order valence-electron chi connectivity index (χ1n) is 14.4. The third-order valence-electron chi connectivity index (χ3n) is 8.91.